The van der Waals surface area contributed by atoms with Crippen molar-refractivity contribution in [2.45, 2.75) is 63.3 Å². The molecule has 1 aliphatic heterocycles. The summed E-state index contributed by atoms with van der Waals surface area (Å²) in [5, 5.41) is 12.6. The van der Waals surface area contributed by atoms with Crippen LogP contribution in [0, 0.1) is 5.92 Å². The summed E-state index contributed by atoms with van der Waals surface area (Å²) in [7, 11) is 0. The summed E-state index contributed by atoms with van der Waals surface area (Å²) in [5.41, 5.74) is 3.80. The number of carbonyl (C=O) groups is 3. The number of alkyl carbamates (subject to hydrolysis) is 1. The Balaban J connectivity index is 1.26. The van der Waals surface area contributed by atoms with E-state index in [9.17, 15) is 19.5 Å². The largest absolute Gasteiger partial charge is 0.480 e. The molecule has 0 radical (unpaired) electrons. The van der Waals surface area contributed by atoms with Crippen molar-refractivity contribution in [2.75, 3.05) is 6.61 Å². The van der Waals surface area contributed by atoms with Gasteiger partial charge in [0.25, 0.3) is 0 Å². The molecule has 1 saturated heterocycles. The first-order chi connectivity index (χ1) is 16.6. The van der Waals surface area contributed by atoms with Gasteiger partial charge in [-0.25, -0.2) is 14.4 Å². The summed E-state index contributed by atoms with van der Waals surface area (Å²) in [6, 6.07) is 14.5. The summed E-state index contributed by atoms with van der Waals surface area (Å²) in [4.78, 5) is 38.8. The number of fused-ring (bicyclic) bond motifs is 5. The number of rotatable bonds is 4. The van der Waals surface area contributed by atoms with Crippen LogP contribution >= 0.6 is 0 Å². The minimum atomic E-state index is -1.05. The standard InChI is InChI=1S/C27H30N2O6/c1-27(2,3)35-26(33)29-22-13-15(23(29)24(30)31)12-21(22)28-25(32)34-14-20-18-10-6-4-8-16(18)17-9-5-7-11-19(17)20/h4-11,15,20-23H,12-14H2,1-3H3,(H,28,32)(H,30,31)/t15-,21+,22-,23-/m0/s1. The Bertz CT molecular complexity index is 1130. The normalized spacial score (nSPS) is 24.6. The number of ether oxygens (including phenoxy) is 2. The molecule has 3 aliphatic rings. The molecule has 35 heavy (non-hydrogen) atoms. The van der Waals surface area contributed by atoms with Gasteiger partial charge in [0.2, 0.25) is 0 Å². The SMILES string of the molecule is CC(C)(C)OC(=O)N1[C@H](C(=O)O)[C@H]2C[C@@H](NC(=O)OCC3c4ccccc4-c4ccccc43)[C@@H]1C2. The zero-order chi connectivity index (χ0) is 24.9. The van der Waals surface area contributed by atoms with Gasteiger partial charge in [0, 0.05) is 5.92 Å². The van der Waals surface area contributed by atoms with Crippen LogP contribution in [0.1, 0.15) is 50.7 Å². The van der Waals surface area contributed by atoms with Crippen LogP contribution in [0.4, 0.5) is 9.59 Å². The molecule has 2 fully saturated rings. The highest BCUT2D eigenvalue weighted by molar-refractivity contribution is 5.83. The van der Waals surface area contributed by atoms with Gasteiger partial charge in [-0.2, -0.15) is 0 Å². The van der Waals surface area contributed by atoms with E-state index in [0.717, 1.165) is 22.3 Å². The van der Waals surface area contributed by atoms with Gasteiger partial charge in [-0.05, 0) is 61.8 Å². The van der Waals surface area contributed by atoms with Gasteiger partial charge in [0.15, 0.2) is 0 Å². The molecular weight excluding hydrogens is 448 g/mol. The number of amides is 2. The molecule has 2 aromatic carbocycles. The lowest BCUT2D eigenvalue weighted by Crippen LogP contribution is -2.58. The molecule has 184 valence electrons. The molecule has 2 amide bonds. The summed E-state index contributed by atoms with van der Waals surface area (Å²) >= 11 is 0. The van der Waals surface area contributed by atoms with Crippen LogP contribution in [-0.4, -0.2) is 58.5 Å². The number of piperidine rings is 1. The summed E-state index contributed by atoms with van der Waals surface area (Å²) in [6.07, 6.45) is -0.257. The van der Waals surface area contributed by atoms with E-state index in [0.29, 0.717) is 12.8 Å². The monoisotopic (exact) mass is 478 g/mol. The lowest BCUT2D eigenvalue weighted by Gasteiger charge is -2.38. The predicted octanol–water partition coefficient (Wildman–Crippen LogP) is 4.38. The quantitative estimate of drug-likeness (QED) is 0.676. The molecular formula is C27H30N2O6. The molecule has 8 nitrogen and oxygen atoms in total. The number of nitrogens with one attached hydrogen (secondary N) is 1. The van der Waals surface area contributed by atoms with Crippen molar-refractivity contribution in [3.05, 3.63) is 59.7 Å². The Morgan fingerprint density at radius 3 is 2.17 bits per heavy atom. The summed E-state index contributed by atoms with van der Waals surface area (Å²) in [6.45, 7) is 5.40. The van der Waals surface area contributed by atoms with Crippen LogP contribution in [0.2, 0.25) is 0 Å². The molecule has 4 atom stereocenters. The van der Waals surface area contributed by atoms with Crippen LogP contribution in [0.5, 0.6) is 0 Å². The van der Waals surface area contributed by atoms with Crippen molar-refractivity contribution in [2.24, 2.45) is 5.92 Å². The van der Waals surface area contributed by atoms with Gasteiger partial charge >= 0.3 is 18.2 Å². The molecule has 2 N–H and O–H groups in total. The second kappa shape index (κ2) is 8.59. The van der Waals surface area contributed by atoms with E-state index in [2.05, 4.69) is 29.6 Å². The Morgan fingerprint density at radius 2 is 1.60 bits per heavy atom. The summed E-state index contributed by atoms with van der Waals surface area (Å²) in [5.74, 6) is -1.35. The van der Waals surface area contributed by atoms with Gasteiger partial charge in [-0.3, -0.25) is 4.90 Å². The number of nitrogens with zero attached hydrogens (tertiary/aromatic N) is 1. The maximum Gasteiger partial charge on any atom is 0.411 e. The van der Waals surface area contributed by atoms with Crippen molar-refractivity contribution in [1.82, 2.24) is 10.2 Å². The average Bonchev–Trinajstić information content (AvgIpc) is 3.46. The number of likely N-dealkylation sites (tertiary alicyclic amines) is 1. The first kappa shape index (κ1) is 23.2. The highest BCUT2D eigenvalue weighted by atomic mass is 16.6. The Labute approximate surface area is 204 Å². The number of aliphatic carboxylic acids is 1. The van der Waals surface area contributed by atoms with Crippen molar-refractivity contribution < 1.29 is 29.0 Å². The first-order valence-corrected chi connectivity index (χ1v) is 12.0. The zero-order valence-corrected chi connectivity index (χ0v) is 20.1. The van der Waals surface area contributed by atoms with Gasteiger partial charge in [0.1, 0.15) is 18.2 Å². The molecule has 0 aromatic heterocycles. The van der Waals surface area contributed by atoms with E-state index in [4.69, 9.17) is 9.47 Å². The molecule has 1 saturated carbocycles. The van der Waals surface area contributed by atoms with Gasteiger partial charge < -0.3 is 19.9 Å². The lowest BCUT2D eigenvalue weighted by molar-refractivity contribution is -0.145. The third kappa shape index (κ3) is 4.22. The van der Waals surface area contributed by atoms with Crippen LogP contribution in [0.3, 0.4) is 0 Å². The van der Waals surface area contributed by atoms with Gasteiger partial charge in [0.05, 0.1) is 12.1 Å². The first-order valence-electron chi connectivity index (χ1n) is 12.0. The Hall–Kier alpha value is -3.55. The van der Waals surface area contributed by atoms with Crippen LogP contribution < -0.4 is 5.32 Å². The zero-order valence-electron chi connectivity index (χ0n) is 20.1. The topological polar surface area (TPSA) is 105 Å². The van der Waals surface area contributed by atoms with Gasteiger partial charge in [-0.1, -0.05) is 48.5 Å². The maximum atomic E-state index is 12.8. The average molecular weight is 479 g/mol. The predicted molar refractivity (Wildman–Crippen MR) is 128 cm³/mol. The van der Waals surface area contributed by atoms with E-state index in [1.54, 1.807) is 20.8 Å². The van der Waals surface area contributed by atoms with Crippen molar-refractivity contribution in [1.29, 1.82) is 0 Å². The number of hydrogen-bond acceptors (Lipinski definition) is 5. The highest BCUT2D eigenvalue weighted by Crippen LogP contribution is 2.45. The molecule has 0 spiro atoms. The van der Waals surface area contributed by atoms with Crippen molar-refractivity contribution in [3.8, 4) is 11.1 Å². The number of carboxylic acid groups (broad SMARTS) is 1. The molecule has 2 aliphatic carbocycles. The fourth-order valence-corrected chi connectivity index (χ4v) is 5.88. The van der Waals surface area contributed by atoms with E-state index < -0.39 is 41.9 Å². The number of carboxylic acids is 1. The highest BCUT2D eigenvalue weighted by Gasteiger charge is 2.57. The second-order valence-corrected chi connectivity index (χ2v) is 10.5. The summed E-state index contributed by atoms with van der Waals surface area (Å²) < 4.78 is 11.1. The molecule has 2 aromatic rings. The van der Waals surface area contributed by atoms with Crippen molar-refractivity contribution >= 4 is 18.2 Å². The van der Waals surface area contributed by atoms with E-state index in [-0.39, 0.29) is 18.4 Å². The number of carbonyl (C=O) groups excluding carboxylic acids is 2. The third-order valence-corrected chi connectivity index (χ3v) is 7.17. The molecule has 1 heterocycles. The number of benzene rings is 2. The van der Waals surface area contributed by atoms with E-state index in [1.807, 2.05) is 24.3 Å². The van der Waals surface area contributed by atoms with E-state index >= 15 is 0 Å². The van der Waals surface area contributed by atoms with Crippen molar-refractivity contribution in [3.63, 3.8) is 0 Å². The fraction of sp³-hybridized carbons (Fsp3) is 0.444. The Morgan fingerprint density at radius 1 is 1.00 bits per heavy atom. The minimum Gasteiger partial charge on any atom is -0.480 e. The second-order valence-electron chi connectivity index (χ2n) is 10.5. The Kier molecular flexibility index (Phi) is 5.69. The van der Waals surface area contributed by atoms with E-state index in [1.165, 1.54) is 4.90 Å². The minimum absolute atomic E-state index is 0.0529. The van der Waals surface area contributed by atoms with Crippen LogP contribution in [0.15, 0.2) is 48.5 Å². The lowest BCUT2D eigenvalue weighted by atomic mass is 9.97. The fourth-order valence-electron chi connectivity index (χ4n) is 5.88. The maximum absolute atomic E-state index is 12.8. The molecule has 8 heteroatoms. The van der Waals surface area contributed by atoms with Gasteiger partial charge in [-0.15, -0.1) is 0 Å². The smallest absolute Gasteiger partial charge is 0.411 e. The molecule has 0 unspecified atom stereocenters. The van der Waals surface area contributed by atoms with Crippen LogP contribution in [-0.2, 0) is 14.3 Å². The molecule has 2 bridgehead atoms. The number of hydrogen-bond donors (Lipinski definition) is 2. The molecule has 5 rings (SSSR count). The third-order valence-electron chi connectivity index (χ3n) is 7.17. The van der Waals surface area contributed by atoms with Crippen LogP contribution in [0.25, 0.3) is 11.1 Å².